The van der Waals surface area contributed by atoms with Gasteiger partial charge in [-0.05, 0) is 43.3 Å². The normalized spacial score (nSPS) is 10.9. The summed E-state index contributed by atoms with van der Waals surface area (Å²) >= 11 is 0. The first-order valence-corrected chi connectivity index (χ1v) is 9.32. The monoisotopic (exact) mass is 379 g/mol. The first-order chi connectivity index (χ1) is 12.4. The number of carbonyl (C=O) groups excluding carboxylic acids is 1. The Bertz CT molecular complexity index is 848. The minimum atomic E-state index is -3.99. The number of rotatable bonds is 8. The summed E-state index contributed by atoms with van der Waals surface area (Å²) in [5.41, 5.74) is 0.303. The van der Waals surface area contributed by atoms with Gasteiger partial charge in [0, 0.05) is 6.07 Å². The van der Waals surface area contributed by atoms with Crippen LogP contribution in [0.1, 0.15) is 6.92 Å². The molecule has 26 heavy (non-hydrogen) atoms. The Labute approximate surface area is 153 Å². The number of carbonyl (C=O) groups is 1. The third-order valence-electron chi connectivity index (χ3n) is 3.56. The van der Waals surface area contributed by atoms with Crippen molar-refractivity contribution < 1.29 is 27.4 Å². The van der Waals surface area contributed by atoms with Gasteiger partial charge in [0.1, 0.15) is 18.0 Å². The third kappa shape index (κ3) is 4.45. The molecule has 0 spiro atoms. The van der Waals surface area contributed by atoms with Crippen LogP contribution in [0.5, 0.6) is 11.5 Å². The molecule has 0 saturated heterocycles. The van der Waals surface area contributed by atoms with E-state index in [1.165, 1.54) is 26.4 Å². The summed E-state index contributed by atoms with van der Waals surface area (Å²) in [5.74, 6) is 0.357. The number of methoxy groups -OCH3 is 2. The molecular formula is C18H21NO6S. The Morgan fingerprint density at radius 1 is 1.04 bits per heavy atom. The lowest BCUT2D eigenvalue weighted by Gasteiger charge is -2.24. The summed E-state index contributed by atoms with van der Waals surface area (Å²) in [6.07, 6.45) is 0. The average molecular weight is 379 g/mol. The number of hydrogen-bond donors (Lipinski definition) is 0. The van der Waals surface area contributed by atoms with E-state index in [1.54, 1.807) is 36.4 Å². The first kappa shape index (κ1) is 19.6. The standard InChI is InChI=1S/C18H21NO6S/c1-4-25-16-7-5-6-14(12-16)19(13-18(20)24-3)26(21,22)17-10-8-15(23-2)9-11-17/h5-12H,4,13H2,1-3H3. The molecule has 0 N–H and O–H groups in total. The van der Waals surface area contributed by atoms with Crippen molar-refractivity contribution in [3.8, 4) is 11.5 Å². The maximum atomic E-state index is 13.1. The van der Waals surface area contributed by atoms with Gasteiger partial charge in [-0.15, -0.1) is 0 Å². The topological polar surface area (TPSA) is 82.1 Å². The van der Waals surface area contributed by atoms with Crippen LogP contribution in [-0.2, 0) is 19.6 Å². The minimum Gasteiger partial charge on any atom is -0.497 e. The van der Waals surface area contributed by atoms with Crippen molar-refractivity contribution in [2.45, 2.75) is 11.8 Å². The Morgan fingerprint density at radius 2 is 1.73 bits per heavy atom. The van der Waals surface area contributed by atoms with Crippen molar-refractivity contribution in [2.24, 2.45) is 0 Å². The van der Waals surface area contributed by atoms with Crippen LogP contribution in [0.15, 0.2) is 53.4 Å². The van der Waals surface area contributed by atoms with Crippen LogP contribution < -0.4 is 13.8 Å². The fraction of sp³-hybridized carbons (Fsp3) is 0.278. The summed E-state index contributed by atoms with van der Waals surface area (Å²) in [7, 11) is -1.30. The zero-order valence-corrected chi connectivity index (χ0v) is 15.7. The number of nitrogens with zero attached hydrogens (tertiary/aromatic N) is 1. The summed E-state index contributed by atoms with van der Waals surface area (Å²) in [5, 5.41) is 0. The van der Waals surface area contributed by atoms with E-state index in [9.17, 15) is 13.2 Å². The predicted octanol–water partition coefficient (Wildman–Crippen LogP) is 2.46. The second kappa shape index (κ2) is 8.57. The molecule has 0 heterocycles. The molecule has 0 aliphatic carbocycles. The summed E-state index contributed by atoms with van der Waals surface area (Å²) in [6.45, 7) is 1.80. The van der Waals surface area contributed by atoms with Gasteiger partial charge in [-0.3, -0.25) is 9.10 Å². The van der Waals surface area contributed by atoms with E-state index in [2.05, 4.69) is 4.74 Å². The van der Waals surface area contributed by atoms with Crippen LogP contribution in [0, 0.1) is 0 Å². The Morgan fingerprint density at radius 3 is 2.31 bits per heavy atom. The second-order valence-electron chi connectivity index (χ2n) is 5.19. The molecule has 0 radical (unpaired) electrons. The summed E-state index contributed by atoms with van der Waals surface area (Å²) in [4.78, 5) is 11.8. The lowest BCUT2D eigenvalue weighted by molar-refractivity contribution is -0.138. The SMILES string of the molecule is CCOc1cccc(N(CC(=O)OC)S(=O)(=O)c2ccc(OC)cc2)c1. The molecule has 2 aromatic rings. The molecule has 0 saturated carbocycles. The second-order valence-corrected chi connectivity index (χ2v) is 7.06. The Hall–Kier alpha value is -2.74. The molecule has 0 aromatic heterocycles. The van der Waals surface area contributed by atoms with E-state index in [-0.39, 0.29) is 4.90 Å². The van der Waals surface area contributed by atoms with Crippen molar-refractivity contribution in [3.05, 3.63) is 48.5 Å². The number of benzene rings is 2. The highest BCUT2D eigenvalue weighted by atomic mass is 32.2. The maximum absolute atomic E-state index is 13.1. The number of ether oxygens (including phenoxy) is 3. The molecule has 2 rings (SSSR count). The largest absolute Gasteiger partial charge is 0.497 e. The fourth-order valence-electron chi connectivity index (χ4n) is 2.27. The van der Waals surface area contributed by atoms with Crippen LogP contribution in [-0.4, -0.2) is 41.8 Å². The van der Waals surface area contributed by atoms with Crippen LogP contribution in [0.25, 0.3) is 0 Å². The van der Waals surface area contributed by atoms with Gasteiger partial charge in [0.2, 0.25) is 0 Å². The van der Waals surface area contributed by atoms with Gasteiger partial charge in [0.15, 0.2) is 0 Å². The molecular weight excluding hydrogens is 358 g/mol. The number of esters is 1. The molecule has 0 atom stereocenters. The van der Waals surface area contributed by atoms with Crippen LogP contribution >= 0.6 is 0 Å². The van der Waals surface area contributed by atoms with Gasteiger partial charge in [0.25, 0.3) is 10.0 Å². The Kier molecular flexibility index (Phi) is 6.46. The number of sulfonamides is 1. The third-order valence-corrected chi connectivity index (χ3v) is 5.35. The molecule has 0 amide bonds. The smallest absolute Gasteiger partial charge is 0.326 e. The van der Waals surface area contributed by atoms with Crippen molar-refractivity contribution >= 4 is 21.7 Å². The van der Waals surface area contributed by atoms with Gasteiger partial charge in [-0.2, -0.15) is 0 Å². The molecule has 2 aromatic carbocycles. The van der Waals surface area contributed by atoms with Crippen molar-refractivity contribution in [3.63, 3.8) is 0 Å². The fourth-order valence-corrected chi connectivity index (χ4v) is 3.67. The van der Waals surface area contributed by atoms with Gasteiger partial charge in [0.05, 0.1) is 31.4 Å². The zero-order valence-electron chi connectivity index (χ0n) is 14.8. The van der Waals surface area contributed by atoms with E-state index in [4.69, 9.17) is 9.47 Å². The van der Waals surface area contributed by atoms with Gasteiger partial charge < -0.3 is 14.2 Å². The summed E-state index contributed by atoms with van der Waals surface area (Å²) < 4.78 is 42.3. The minimum absolute atomic E-state index is 0.0315. The van der Waals surface area contributed by atoms with Gasteiger partial charge in [-0.1, -0.05) is 6.07 Å². The molecule has 8 heteroatoms. The quantitative estimate of drug-likeness (QED) is 0.656. The highest BCUT2D eigenvalue weighted by Gasteiger charge is 2.28. The van der Waals surface area contributed by atoms with Gasteiger partial charge >= 0.3 is 5.97 Å². The van der Waals surface area contributed by atoms with Crippen molar-refractivity contribution in [1.82, 2.24) is 0 Å². The number of anilines is 1. The first-order valence-electron chi connectivity index (χ1n) is 7.88. The van der Waals surface area contributed by atoms with Crippen LogP contribution in [0.4, 0.5) is 5.69 Å². The predicted molar refractivity (Wildman–Crippen MR) is 97.2 cm³/mol. The van der Waals surface area contributed by atoms with E-state index in [0.717, 1.165) is 4.31 Å². The highest BCUT2D eigenvalue weighted by Crippen LogP contribution is 2.28. The Balaban J connectivity index is 2.48. The zero-order chi connectivity index (χ0) is 19.2. The van der Waals surface area contributed by atoms with Crippen LogP contribution in [0.2, 0.25) is 0 Å². The van der Waals surface area contributed by atoms with Crippen molar-refractivity contribution in [2.75, 3.05) is 31.7 Å². The lowest BCUT2D eigenvalue weighted by atomic mass is 10.3. The molecule has 0 fully saturated rings. The average Bonchev–Trinajstić information content (AvgIpc) is 2.66. The van der Waals surface area contributed by atoms with Gasteiger partial charge in [-0.25, -0.2) is 8.42 Å². The van der Waals surface area contributed by atoms with E-state index in [1.807, 2.05) is 6.92 Å². The molecule has 140 valence electrons. The maximum Gasteiger partial charge on any atom is 0.326 e. The van der Waals surface area contributed by atoms with E-state index >= 15 is 0 Å². The summed E-state index contributed by atoms with van der Waals surface area (Å²) in [6, 6.07) is 12.5. The molecule has 0 aliphatic rings. The molecule has 7 nitrogen and oxygen atoms in total. The van der Waals surface area contributed by atoms with Crippen LogP contribution in [0.3, 0.4) is 0 Å². The highest BCUT2D eigenvalue weighted by molar-refractivity contribution is 7.92. The van der Waals surface area contributed by atoms with E-state index < -0.39 is 22.5 Å². The lowest BCUT2D eigenvalue weighted by Crippen LogP contribution is -2.36. The number of hydrogen-bond acceptors (Lipinski definition) is 6. The van der Waals surface area contributed by atoms with E-state index in [0.29, 0.717) is 23.8 Å². The van der Waals surface area contributed by atoms with Crippen molar-refractivity contribution in [1.29, 1.82) is 0 Å². The molecule has 0 bridgehead atoms. The molecule has 0 aliphatic heterocycles. The molecule has 0 unspecified atom stereocenters.